The number of pyridine rings is 1. The molecule has 6 nitrogen and oxygen atoms in total. The summed E-state index contributed by atoms with van der Waals surface area (Å²) >= 11 is 0. The molecule has 0 saturated heterocycles. The van der Waals surface area contributed by atoms with Gasteiger partial charge in [0.05, 0.1) is 10.4 Å². The number of nitrogens with zero attached hydrogens (tertiary/aromatic N) is 1. The third-order valence-electron chi connectivity index (χ3n) is 4.63. The second kappa shape index (κ2) is 7.98. The molecule has 1 atom stereocenters. The number of hydrogen-bond acceptors (Lipinski definition) is 4. The van der Waals surface area contributed by atoms with Gasteiger partial charge in [-0.2, -0.15) is 0 Å². The van der Waals surface area contributed by atoms with Crippen LogP contribution in [0.1, 0.15) is 20.3 Å². The van der Waals surface area contributed by atoms with E-state index < -0.39 is 15.4 Å². The molecule has 3 aromatic rings. The Labute approximate surface area is 163 Å². The van der Waals surface area contributed by atoms with Crippen molar-refractivity contribution in [3.63, 3.8) is 0 Å². The molecule has 0 aliphatic rings. The van der Waals surface area contributed by atoms with Gasteiger partial charge >= 0.3 is 0 Å². The maximum atomic E-state index is 13.1. The molecule has 1 unspecified atom stereocenters. The van der Waals surface area contributed by atoms with Gasteiger partial charge in [0.25, 0.3) is 5.56 Å². The van der Waals surface area contributed by atoms with Gasteiger partial charge < -0.3 is 5.32 Å². The van der Waals surface area contributed by atoms with Crippen molar-refractivity contribution in [3.8, 4) is 0 Å². The lowest BCUT2D eigenvalue weighted by atomic mass is 10.2. The highest BCUT2D eigenvalue weighted by atomic mass is 32.2. The number of aromatic nitrogens is 1. The lowest BCUT2D eigenvalue weighted by Gasteiger charge is -2.15. The molecule has 0 fully saturated rings. The number of carbonyl (C=O) groups excluding carboxylic acids is 1. The van der Waals surface area contributed by atoms with Gasteiger partial charge in [0.15, 0.2) is 0 Å². The van der Waals surface area contributed by atoms with Crippen molar-refractivity contribution in [2.45, 2.75) is 42.6 Å². The van der Waals surface area contributed by atoms with Crippen molar-refractivity contribution >= 4 is 26.6 Å². The Bertz CT molecular complexity index is 1170. The van der Waals surface area contributed by atoms with Crippen LogP contribution >= 0.6 is 0 Å². The van der Waals surface area contributed by atoms with Crippen LogP contribution in [0.3, 0.4) is 0 Å². The van der Waals surface area contributed by atoms with Gasteiger partial charge in [-0.3, -0.25) is 14.2 Å². The minimum absolute atomic E-state index is 0.0364. The predicted molar refractivity (Wildman–Crippen MR) is 108 cm³/mol. The number of nitrogens with one attached hydrogen (secondary N) is 1. The molecule has 28 heavy (non-hydrogen) atoms. The average molecular weight is 398 g/mol. The van der Waals surface area contributed by atoms with E-state index in [1.54, 1.807) is 42.5 Å². The van der Waals surface area contributed by atoms with E-state index in [4.69, 9.17) is 0 Å². The SMILES string of the molecule is CCC(C)NC(=O)Cn1c(=O)c(S(=O)(=O)c2ccccc2)cc2ccccc21. The van der Waals surface area contributed by atoms with Gasteiger partial charge in [0, 0.05) is 6.04 Å². The summed E-state index contributed by atoms with van der Waals surface area (Å²) in [6, 6.07) is 16.1. The largest absolute Gasteiger partial charge is 0.352 e. The zero-order chi connectivity index (χ0) is 20.3. The number of fused-ring (bicyclic) bond motifs is 1. The van der Waals surface area contributed by atoms with Crippen LogP contribution < -0.4 is 10.9 Å². The molecule has 0 saturated carbocycles. The van der Waals surface area contributed by atoms with E-state index in [2.05, 4.69) is 5.32 Å². The first kappa shape index (κ1) is 19.8. The molecular weight excluding hydrogens is 376 g/mol. The van der Waals surface area contributed by atoms with E-state index in [0.29, 0.717) is 10.9 Å². The van der Waals surface area contributed by atoms with Crippen molar-refractivity contribution < 1.29 is 13.2 Å². The summed E-state index contributed by atoms with van der Waals surface area (Å²) in [7, 11) is -4.01. The van der Waals surface area contributed by atoms with Crippen LogP contribution in [-0.2, 0) is 21.2 Å². The lowest BCUT2D eigenvalue weighted by Crippen LogP contribution is -2.38. The summed E-state index contributed by atoms with van der Waals surface area (Å²) in [6.45, 7) is 3.57. The van der Waals surface area contributed by atoms with Gasteiger partial charge in [-0.25, -0.2) is 8.42 Å². The molecule has 2 aromatic carbocycles. The normalized spacial score (nSPS) is 12.6. The summed E-state index contributed by atoms with van der Waals surface area (Å²) in [5.74, 6) is -0.337. The molecule has 0 aliphatic carbocycles. The van der Waals surface area contributed by atoms with Crippen LogP contribution in [-0.4, -0.2) is 24.9 Å². The highest BCUT2D eigenvalue weighted by molar-refractivity contribution is 7.91. The average Bonchev–Trinajstić information content (AvgIpc) is 2.70. The molecule has 0 aliphatic heterocycles. The van der Waals surface area contributed by atoms with Gasteiger partial charge in [-0.05, 0) is 43.0 Å². The van der Waals surface area contributed by atoms with Gasteiger partial charge in [0.1, 0.15) is 11.4 Å². The van der Waals surface area contributed by atoms with Gasteiger partial charge in [0.2, 0.25) is 15.7 Å². The van der Waals surface area contributed by atoms with Crippen molar-refractivity contribution in [1.82, 2.24) is 9.88 Å². The van der Waals surface area contributed by atoms with Crippen molar-refractivity contribution in [2.75, 3.05) is 0 Å². The van der Waals surface area contributed by atoms with Crippen LogP contribution in [0.15, 0.2) is 75.2 Å². The molecule has 1 N–H and O–H groups in total. The monoisotopic (exact) mass is 398 g/mol. The molecule has 0 spiro atoms. The number of carbonyl (C=O) groups is 1. The lowest BCUT2D eigenvalue weighted by molar-refractivity contribution is -0.122. The standard InChI is InChI=1S/C21H22N2O4S/c1-3-15(2)22-20(24)14-23-18-12-8-7-9-16(18)13-19(21(23)25)28(26,27)17-10-5-4-6-11-17/h4-13,15H,3,14H2,1-2H3,(H,22,24). The fourth-order valence-corrected chi connectivity index (χ4v) is 4.33. The van der Waals surface area contributed by atoms with Gasteiger partial charge in [-0.15, -0.1) is 0 Å². The Balaban J connectivity index is 2.18. The number of hydrogen-bond donors (Lipinski definition) is 1. The van der Waals surface area contributed by atoms with E-state index in [1.165, 1.54) is 22.8 Å². The zero-order valence-electron chi connectivity index (χ0n) is 15.8. The van der Waals surface area contributed by atoms with E-state index in [9.17, 15) is 18.0 Å². The second-order valence-electron chi connectivity index (χ2n) is 6.65. The van der Waals surface area contributed by atoms with E-state index in [1.807, 2.05) is 13.8 Å². The van der Waals surface area contributed by atoms with Gasteiger partial charge in [-0.1, -0.05) is 43.3 Å². The summed E-state index contributed by atoms with van der Waals surface area (Å²) in [5.41, 5.74) is -0.194. The minimum Gasteiger partial charge on any atom is -0.352 e. The van der Waals surface area contributed by atoms with Crippen molar-refractivity contribution in [1.29, 1.82) is 0 Å². The van der Waals surface area contributed by atoms with Crippen LogP contribution in [0.25, 0.3) is 10.9 Å². The third kappa shape index (κ3) is 3.84. The molecule has 0 radical (unpaired) electrons. The maximum Gasteiger partial charge on any atom is 0.270 e. The molecule has 1 aromatic heterocycles. The van der Waals surface area contributed by atoms with Crippen LogP contribution in [0, 0.1) is 0 Å². The Kier molecular flexibility index (Phi) is 5.65. The number of amides is 1. The summed E-state index contributed by atoms with van der Waals surface area (Å²) in [4.78, 5) is 25.2. The van der Waals surface area contributed by atoms with E-state index in [-0.39, 0.29) is 28.3 Å². The Morgan fingerprint density at radius 3 is 2.39 bits per heavy atom. The van der Waals surface area contributed by atoms with Crippen molar-refractivity contribution in [3.05, 3.63) is 71.0 Å². The molecule has 7 heteroatoms. The topological polar surface area (TPSA) is 85.2 Å². The number of rotatable bonds is 6. The first-order valence-electron chi connectivity index (χ1n) is 9.06. The molecule has 146 valence electrons. The second-order valence-corrected chi connectivity index (χ2v) is 8.57. The Morgan fingerprint density at radius 2 is 1.71 bits per heavy atom. The number of sulfone groups is 1. The zero-order valence-corrected chi connectivity index (χ0v) is 16.6. The first-order chi connectivity index (χ1) is 13.3. The number of para-hydroxylation sites is 1. The Hall–Kier alpha value is -2.93. The third-order valence-corrected chi connectivity index (χ3v) is 6.40. The highest BCUT2D eigenvalue weighted by Crippen LogP contribution is 2.21. The molecule has 3 rings (SSSR count). The smallest absolute Gasteiger partial charge is 0.270 e. The number of benzene rings is 2. The maximum absolute atomic E-state index is 13.1. The minimum atomic E-state index is -4.01. The van der Waals surface area contributed by atoms with Crippen molar-refractivity contribution in [2.24, 2.45) is 0 Å². The highest BCUT2D eigenvalue weighted by Gasteiger charge is 2.24. The van der Waals surface area contributed by atoms with Crippen LogP contribution in [0.2, 0.25) is 0 Å². The Morgan fingerprint density at radius 1 is 1.07 bits per heavy atom. The fourth-order valence-electron chi connectivity index (χ4n) is 2.94. The first-order valence-corrected chi connectivity index (χ1v) is 10.5. The summed E-state index contributed by atoms with van der Waals surface area (Å²) in [6.07, 6.45) is 0.754. The van der Waals surface area contributed by atoms with Crippen LogP contribution in [0.5, 0.6) is 0 Å². The summed E-state index contributed by atoms with van der Waals surface area (Å²) < 4.78 is 27.3. The summed E-state index contributed by atoms with van der Waals surface area (Å²) in [5, 5.41) is 3.39. The van der Waals surface area contributed by atoms with Crippen LogP contribution in [0.4, 0.5) is 0 Å². The fraction of sp³-hybridized carbons (Fsp3) is 0.238. The predicted octanol–water partition coefficient (Wildman–Crippen LogP) is 2.75. The molecular formula is C21H22N2O4S. The molecule has 1 amide bonds. The molecule has 0 bridgehead atoms. The van der Waals surface area contributed by atoms with E-state index in [0.717, 1.165) is 6.42 Å². The molecule has 1 heterocycles. The van der Waals surface area contributed by atoms with E-state index >= 15 is 0 Å². The quantitative estimate of drug-likeness (QED) is 0.692.